The van der Waals surface area contributed by atoms with Crippen LogP contribution in [0.4, 0.5) is 0 Å². The molecule has 82 valence electrons. The molecule has 0 radical (unpaired) electrons. The molecule has 0 aliphatic heterocycles. The Bertz CT molecular complexity index is 191. The Balaban J connectivity index is 1.89. The Morgan fingerprint density at radius 3 is 2.21 bits per heavy atom. The molecule has 0 aromatic carbocycles. The SMILES string of the molecule is CC(C)C(C)(CNC1CC1)C1CCC1. The van der Waals surface area contributed by atoms with Gasteiger partial charge in [0.05, 0.1) is 0 Å². The van der Waals surface area contributed by atoms with Crippen molar-refractivity contribution in [1.29, 1.82) is 0 Å². The zero-order chi connectivity index (χ0) is 10.2. The number of rotatable bonds is 5. The minimum atomic E-state index is 0.556. The first-order valence-corrected chi connectivity index (χ1v) is 6.36. The maximum atomic E-state index is 3.73. The number of hydrogen-bond acceptors (Lipinski definition) is 1. The first-order chi connectivity index (χ1) is 6.63. The Hall–Kier alpha value is -0.0400. The molecule has 2 saturated carbocycles. The molecule has 2 fully saturated rings. The average Bonchev–Trinajstić information content (AvgIpc) is 2.79. The molecule has 2 aliphatic rings. The van der Waals surface area contributed by atoms with Gasteiger partial charge in [0.15, 0.2) is 0 Å². The van der Waals surface area contributed by atoms with Crippen LogP contribution in [-0.4, -0.2) is 12.6 Å². The second-order valence-electron chi connectivity index (χ2n) is 5.94. The van der Waals surface area contributed by atoms with Crippen molar-refractivity contribution in [2.75, 3.05) is 6.54 Å². The van der Waals surface area contributed by atoms with Crippen LogP contribution in [0.1, 0.15) is 52.9 Å². The summed E-state index contributed by atoms with van der Waals surface area (Å²) in [5.41, 5.74) is 0.556. The number of hydrogen-bond donors (Lipinski definition) is 1. The highest BCUT2D eigenvalue weighted by Gasteiger charge is 2.40. The average molecular weight is 195 g/mol. The normalized spacial score (nSPS) is 27.4. The topological polar surface area (TPSA) is 12.0 Å². The molecule has 0 amide bonds. The number of nitrogens with one attached hydrogen (secondary N) is 1. The summed E-state index contributed by atoms with van der Waals surface area (Å²) >= 11 is 0. The Labute approximate surface area is 88.7 Å². The molecule has 14 heavy (non-hydrogen) atoms. The van der Waals surface area contributed by atoms with Crippen LogP contribution in [0.3, 0.4) is 0 Å². The minimum absolute atomic E-state index is 0.556. The molecule has 0 aromatic rings. The van der Waals surface area contributed by atoms with Crippen molar-refractivity contribution < 1.29 is 0 Å². The summed E-state index contributed by atoms with van der Waals surface area (Å²) in [6.45, 7) is 8.54. The highest BCUT2D eigenvalue weighted by Crippen LogP contribution is 2.46. The van der Waals surface area contributed by atoms with Crippen molar-refractivity contribution in [2.45, 2.75) is 58.9 Å². The monoisotopic (exact) mass is 195 g/mol. The third-order valence-corrected chi connectivity index (χ3v) is 4.71. The standard InChI is InChI=1S/C13H25N/c1-10(2)13(3,11-5-4-6-11)9-14-12-7-8-12/h10-12,14H,4-9H2,1-3H3. The largest absolute Gasteiger partial charge is 0.313 e. The van der Waals surface area contributed by atoms with Crippen LogP contribution >= 0.6 is 0 Å². The van der Waals surface area contributed by atoms with E-state index in [2.05, 4.69) is 26.1 Å². The Morgan fingerprint density at radius 2 is 1.86 bits per heavy atom. The van der Waals surface area contributed by atoms with E-state index < -0.39 is 0 Å². The van der Waals surface area contributed by atoms with Crippen molar-refractivity contribution in [3.63, 3.8) is 0 Å². The summed E-state index contributed by atoms with van der Waals surface area (Å²) in [5.74, 6) is 1.81. The fraction of sp³-hybridized carbons (Fsp3) is 1.00. The molecular formula is C13H25N. The molecule has 1 nitrogen and oxygen atoms in total. The summed E-state index contributed by atoms with van der Waals surface area (Å²) < 4.78 is 0. The van der Waals surface area contributed by atoms with E-state index in [0.717, 1.165) is 17.9 Å². The van der Waals surface area contributed by atoms with Gasteiger partial charge in [0.2, 0.25) is 0 Å². The third-order valence-electron chi connectivity index (χ3n) is 4.71. The summed E-state index contributed by atoms with van der Waals surface area (Å²) in [7, 11) is 0. The Morgan fingerprint density at radius 1 is 1.21 bits per heavy atom. The van der Waals surface area contributed by atoms with E-state index in [1.54, 1.807) is 0 Å². The van der Waals surface area contributed by atoms with E-state index in [1.807, 2.05) is 0 Å². The van der Waals surface area contributed by atoms with Crippen LogP contribution in [-0.2, 0) is 0 Å². The van der Waals surface area contributed by atoms with Crippen LogP contribution in [0.2, 0.25) is 0 Å². The molecule has 0 bridgehead atoms. The van der Waals surface area contributed by atoms with E-state index in [4.69, 9.17) is 0 Å². The van der Waals surface area contributed by atoms with E-state index in [9.17, 15) is 0 Å². The molecule has 1 atom stereocenters. The van der Waals surface area contributed by atoms with Gasteiger partial charge in [0.1, 0.15) is 0 Å². The molecule has 0 heterocycles. The van der Waals surface area contributed by atoms with E-state index in [-0.39, 0.29) is 0 Å². The molecule has 0 saturated heterocycles. The molecule has 0 aromatic heterocycles. The predicted octanol–water partition coefficient (Wildman–Crippen LogP) is 3.20. The molecule has 1 N–H and O–H groups in total. The molecule has 1 unspecified atom stereocenters. The highest BCUT2D eigenvalue weighted by atomic mass is 15.0. The molecular weight excluding hydrogens is 170 g/mol. The summed E-state index contributed by atoms with van der Waals surface area (Å²) in [5, 5.41) is 3.73. The Kier molecular flexibility index (Phi) is 2.88. The van der Waals surface area contributed by atoms with Gasteiger partial charge in [0.25, 0.3) is 0 Å². The van der Waals surface area contributed by atoms with Gasteiger partial charge in [-0.2, -0.15) is 0 Å². The van der Waals surface area contributed by atoms with Crippen LogP contribution < -0.4 is 5.32 Å². The lowest BCUT2D eigenvalue weighted by Crippen LogP contribution is -2.45. The second-order valence-corrected chi connectivity index (χ2v) is 5.94. The summed E-state index contributed by atoms with van der Waals surface area (Å²) in [6, 6.07) is 0.869. The van der Waals surface area contributed by atoms with E-state index in [1.165, 1.54) is 38.6 Å². The van der Waals surface area contributed by atoms with E-state index >= 15 is 0 Å². The van der Waals surface area contributed by atoms with Gasteiger partial charge in [0, 0.05) is 12.6 Å². The molecule has 2 aliphatic carbocycles. The third kappa shape index (κ3) is 1.98. The van der Waals surface area contributed by atoms with Gasteiger partial charge in [-0.05, 0) is 42.9 Å². The van der Waals surface area contributed by atoms with Crippen molar-refractivity contribution in [3.8, 4) is 0 Å². The van der Waals surface area contributed by atoms with Gasteiger partial charge in [-0.25, -0.2) is 0 Å². The van der Waals surface area contributed by atoms with Crippen molar-refractivity contribution in [3.05, 3.63) is 0 Å². The van der Waals surface area contributed by atoms with Gasteiger partial charge in [-0.3, -0.25) is 0 Å². The van der Waals surface area contributed by atoms with Crippen LogP contribution in [0.5, 0.6) is 0 Å². The van der Waals surface area contributed by atoms with Gasteiger partial charge >= 0.3 is 0 Å². The van der Waals surface area contributed by atoms with Crippen molar-refractivity contribution >= 4 is 0 Å². The predicted molar refractivity (Wildman–Crippen MR) is 61.3 cm³/mol. The lowest BCUT2D eigenvalue weighted by atomic mass is 9.61. The van der Waals surface area contributed by atoms with Crippen LogP contribution in [0.15, 0.2) is 0 Å². The van der Waals surface area contributed by atoms with Crippen LogP contribution in [0.25, 0.3) is 0 Å². The van der Waals surface area contributed by atoms with Gasteiger partial charge < -0.3 is 5.32 Å². The smallest absolute Gasteiger partial charge is 0.00684 e. The fourth-order valence-electron chi connectivity index (χ4n) is 2.54. The lowest BCUT2D eigenvalue weighted by molar-refractivity contribution is 0.0513. The van der Waals surface area contributed by atoms with Crippen molar-refractivity contribution in [2.24, 2.45) is 17.3 Å². The quantitative estimate of drug-likeness (QED) is 0.710. The maximum absolute atomic E-state index is 3.73. The minimum Gasteiger partial charge on any atom is -0.313 e. The van der Waals surface area contributed by atoms with Crippen molar-refractivity contribution in [1.82, 2.24) is 5.32 Å². The zero-order valence-corrected chi connectivity index (χ0v) is 9.97. The first-order valence-electron chi connectivity index (χ1n) is 6.36. The summed E-state index contributed by atoms with van der Waals surface area (Å²) in [6.07, 6.45) is 7.25. The van der Waals surface area contributed by atoms with Crippen LogP contribution in [0, 0.1) is 17.3 Å². The highest BCUT2D eigenvalue weighted by molar-refractivity contribution is 4.93. The fourth-order valence-corrected chi connectivity index (χ4v) is 2.54. The molecule has 2 rings (SSSR count). The summed E-state index contributed by atoms with van der Waals surface area (Å²) in [4.78, 5) is 0. The maximum Gasteiger partial charge on any atom is 0.00684 e. The lowest BCUT2D eigenvalue weighted by Gasteiger charge is -2.46. The van der Waals surface area contributed by atoms with E-state index in [0.29, 0.717) is 5.41 Å². The first kappa shape index (κ1) is 10.5. The van der Waals surface area contributed by atoms with Gasteiger partial charge in [-0.15, -0.1) is 0 Å². The zero-order valence-electron chi connectivity index (χ0n) is 9.97. The molecule has 0 spiro atoms. The molecule has 1 heteroatoms. The second kappa shape index (κ2) is 3.84. The van der Waals surface area contributed by atoms with Gasteiger partial charge in [-0.1, -0.05) is 27.2 Å².